The minimum Gasteiger partial charge on any atom is -0.480 e. The Morgan fingerprint density at radius 3 is 2.52 bits per heavy atom. The average molecular weight is 393 g/mol. The molecule has 4 unspecified atom stereocenters. The largest absolute Gasteiger partial charge is 0.480 e. The lowest BCUT2D eigenvalue weighted by Gasteiger charge is -2.34. The summed E-state index contributed by atoms with van der Waals surface area (Å²) in [6.45, 7) is 1.40. The molecule has 3 rings (SSSR count). The summed E-state index contributed by atoms with van der Waals surface area (Å²) in [5, 5.41) is 13.0. The number of rotatable bonds is 5. The number of hydrogen-bond donors (Lipinski definition) is 2. The van der Waals surface area contributed by atoms with E-state index in [1.807, 2.05) is 0 Å². The van der Waals surface area contributed by atoms with Gasteiger partial charge >= 0.3 is 5.97 Å². The Balaban J connectivity index is 1.81. The van der Waals surface area contributed by atoms with Crippen molar-refractivity contribution in [2.45, 2.75) is 63.6 Å². The first-order chi connectivity index (χ1) is 12.9. The number of nitrogens with zero attached hydrogens (tertiary/aromatic N) is 1. The molecule has 1 aliphatic heterocycles. The van der Waals surface area contributed by atoms with Crippen molar-refractivity contribution in [1.29, 1.82) is 0 Å². The average Bonchev–Trinajstić information content (AvgIpc) is 3.01. The second-order valence-corrected chi connectivity index (χ2v) is 7.95. The lowest BCUT2D eigenvalue weighted by molar-refractivity contribution is -0.150. The van der Waals surface area contributed by atoms with E-state index in [1.54, 1.807) is 29.2 Å². The molecule has 2 aliphatic rings. The second kappa shape index (κ2) is 8.30. The van der Waals surface area contributed by atoms with E-state index >= 15 is 0 Å². The molecule has 0 bridgehead atoms. The van der Waals surface area contributed by atoms with Gasteiger partial charge in [-0.05, 0) is 42.9 Å². The minimum atomic E-state index is -0.944. The molecule has 27 heavy (non-hydrogen) atoms. The Morgan fingerprint density at radius 1 is 1.22 bits per heavy atom. The number of halogens is 1. The monoisotopic (exact) mass is 392 g/mol. The number of carboxylic acid groups (broad SMARTS) is 1. The molecule has 4 atom stereocenters. The van der Waals surface area contributed by atoms with Crippen LogP contribution in [0.25, 0.3) is 0 Å². The third-order valence-corrected chi connectivity index (χ3v) is 5.94. The zero-order valence-electron chi connectivity index (χ0n) is 15.4. The molecule has 2 amide bonds. The van der Waals surface area contributed by atoms with Crippen molar-refractivity contribution in [1.82, 2.24) is 10.2 Å². The van der Waals surface area contributed by atoms with E-state index in [0.29, 0.717) is 11.4 Å². The maximum Gasteiger partial charge on any atom is 0.326 e. The van der Waals surface area contributed by atoms with Crippen LogP contribution in [0.4, 0.5) is 0 Å². The first-order valence-corrected chi connectivity index (χ1v) is 9.81. The van der Waals surface area contributed by atoms with Crippen LogP contribution in [0.1, 0.15) is 57.1 Å². The lowest BCUT2D eigenvalue weighted by Crippen LogP contribution is -2.47. The van der Waals surface area contributed by atoms with Crippen LogP contribution >= 0.6 is 11.6 Å². The topological polar surface area (TPSA) is 86.7 Å². The van der Waals surface area contributed by atoms with Gasteiger partial charge < -0.3 is 15.3 Å². The number of carboxylic acids is 1. The molecule has 146 valence electrons. The van der Waals surface area contributed by atoms with E-state index in [2.05, 4.69) is 5.32 Å². The van der Waals surface area contributed by atoms with Crippen LogP contribution in [0.2, 0.25) is 5.02 Å². The summed E-state index contributed by atoms with van der Waals surface area (Å²) in [7, 11) is 0. The Bertz CT molecular complexity index is 721. The lowest BCUT2D eigenvalue weighted by atomic mass is 9.84. The normalized spacial score (nSPS) is 25.6. The van der Waals surface area contributed by atoms with Crippen LogP contribution in [0.15, 0.2) is 24.3 Å². The van der Waals surface area contributed by atoms with Gasteiger partial charge in [-0.1, -0.05) is 36.6 Å². The number of carbonyl (C=O) groups is 3. The van der Waals surface area contributed by atoms with Gasteiger partial charge in [-0.25, -0.2) is 4.79 Å². The van der Waals surface area contributed by atoms with Gasteiger partial charge in [0.05, 0.1) is 12.5 Å². The van der Waals surface area contributed by atoms with Gasteiger partial charge in [0.25, 0.3) is 0 Å². The first kappa shape index (κ1) is 19.7. The van der Waals surface area contributed by atoms with Crippen molar-refractivity contribution in [3.05, 3.63) is 34.9 Å². The molecule has 0 radical (unpaired) electrons. The van der Waals surface area contributed by atoms with Gasteiger partial charge in [-0.2, -0.15) is 0 Å². The maximum atomic E-state index is 13.1. The molecule has 1 aromatic carbocycles. The fraction of sp³-hybridized carbons (Fsp3) is 0.550. The SMILES string of the molecule is CC(=O)NC(CC(=O)N1C(C(=O)O)CC2CCCCC21)c1ccc(Cl)cc1. The first-order valence-electron chi connectivity index (χ1n) is 9.43. The van der Waals surface area contributed by atoms with Gasteiger partial charge in [0, 0.05) is 18.0 Å². The number of amides is 2. The molecule has 0 aromatic heterocycles. The van der Waals surface area contributed by atoms with Gasteiger partial charge in [0.2, 0.25) is 11.8 Å². The maximum absolute atomic E-state index is 13.1. The number of nitrogens with one attached hydrogen (secondary N) is 1. The molecule has 1 saturated carbocycles. The third-order valence-electron chi connectivity index (χ3n) is 5.69. The van der Waals surface area contributed by atoms with Crippen LogP contribution in [0.5, 0.6) is 0 Å². The van der Waals surface area contributed by atoms with Crippen LogP contribution in [0.3, 0.4) is 0 Å². The van der Waals surface area contributed by atoms with Crippen molar-refractivity contribution in [2.24, 2.45) is 5.92 Å². The summed E-state index contributed by atoms with van der Waals surface area (Å²) < 4.78 is 0. The van der Waals surface area contributed by atoms with Crippen molar-refractivity contribution >= 4 is 29.4 Å². The summed E-state index contributed by atoms with van der Waals surface area (Å²) in [4.78, 5) is 38.1. The summed E-state index contributed by atoms with van der Waals surface area (Å²) in [6.07, 6.45) is 4.50. The second-order valence-electron chi connectivity index (χ2n) is 7.51. The molecule has 1 saturated heterocycles. The van der Waals surface area contributed by atoms with E-state index in [0.717, 1.165) is 31.2 Å². The Hall–Kier alpha value is -2.08. The molecule has 1 heterocycles. The number of likely N-dealkylation sites (tertiary alicyclic amines) is 1. The van der Waals surface area contributed by atoms with E-state index in [9.17, 15) is 19.5 Å². The van der Waals surface area contributed by atoms with E-state index in [-0.39, 0.29) is 30.2 Å². The van der Waals surface area contributed by atoms with Gasteiger partial charge in [0.15, 0.2) is 0 Å². The molecule has 1 aromatic rings. The molecule has 2 N–H and O–H groups in total. The Morgan fingerprint density at radius 2 is 1.89 bits per heavy atom. The predicted molar refractivity (Wildman–Crippen MR) is 101 cm³/mol. The summed E-state index contributed by atoms with van der Waals surface area (Å²) in [5.74, 6) is -1.14. The number of benzene rings is 1. The number of aliphatic carboxylic acids is 1. The summed E-state index contributed by atoms with van der Waals surface area (Å²) in [6, 6.07) is 5.69. The van der Waals surface area contributed by atoms with Crippen molar-refractivity contribution in [3.63, 3.8) is 0 Å². The van der Waals surface area contributed by atoms with E-state index < -0.39 is 18.1 Å². The van der Waals surface area contributed by atoms with Crippen LogP contribution in [-0.4, -0.2) is 39.9 Å². The molecule has 7 heteroatoms. The summed E-state index contributed by atoms with van der Waals surface area (Å²) >= 11 is 5.93. The molecule has 6 nitrogen and oxygen atoms in total. The van der Waals surface area contributed by atoms with Crippen LogP contribution < -0.4 is 5.32 Å². The van der Waals surface area contributed by atoms with Crippen molar-refractivity contribution in [2.75, 3.05) is 0 Å². The predicted octanol–water partition coefficient (Wildman–Crippen LogP) is 3.15. The van der Waals surface area contributed by atoms with Gasteiger partial charge in [0.1, 0.15) is 6.04 Å². The van der Waals surface area contributed by atoms with Gasteiger partial charge in [-0.3, -0.25) is 9.59 Å². The number of hydrogen-bond acceptors (Lipinski definition) is 3. The van der Waals surface area contributed by atoms with Gasteiger partial charge in [-0.15, -0.1) is 0 Å². The Kier molecular flexibility index (Phi) is 6.05. The molecular formula is C20H25ClN2O4. The standard InChI is InChI=1S/C20H25ClN2O4/c1-12(24)22-16(13-6-8-15(21)9-7-13)11-19(25)23-17-5-3-2-4-14(17)10-18(23)20(26)27/h6-9,14,16-18H,2-5,10-11H2,1H3,(H,22,24)(H,26,27). The zero-order valence-corrected chi connectivity index (χ0v) is 16.1. The van der Waals surface area contributed by atoms with Crippen molar-refractivity contribution in [3.8, 4) is 0 Å². The van der Waals surface area contributed by atoms with E-state index in [1.165, 1.54) is 6.92 Å². The van der Waals surface area contributed by atoms with Crippen molar-refractivity contribution < 1.29 is 19.5 Å². The van der Waals surface area contributed by atoms with Crippen LogP contribution in [-0.2, 0) is 14.4 Å². The number of fused-ring (bicyclic) bond motifs is 1. The molecule has 2 fully saturated rings. The minimum absolute atomic E-state index is 0.00412. The fourth-order valence-electron chi connectivity index (χ4n) is 4.51. The highest BCUT2D eigenvalue weighted by Gasteiger charge is 2.47. The third kappa shape index (κ3) is 4.43. The molecule has 0 spiro atoms. The summed E-state index contributed by atoms with van der Waals surface area (Å²) in [5.41, 5.74) is 0.772. The highest BCUT2D eigenvalue weighted by atomic mass is 35.5. The van der Waals surface area contributed by atoms with Crippen LogP contribution in [0, 0.1) is 5.92 Å². The Labute approximate surface area is 163 Å². The highest BCUT2D eigenvalue weighted by Crippen LogP contribution is 2.40. The molecule has 1 aliphatic carbocycles. The smallest absolute Gasteiger partial charge is 0.326 e. The fourth-order valence-corrected chi connectivity index (χ4v) is 4.64. The molecular weight excluding hydrogens is 368 g/mol. The highest BCUT2D eigenvalue weighted by molar-refractivity contribution is 6.30. The quantitative estimate of drug-likeness (QED) is 0.805. The zero-order chi connectivity index (χ0) is 19.6. The number of carbonyl (C=O) groups excluding carboxylic acids is 2. The van der Waals surface area contributed by atoms with E-state index in [4.69, 9.17) is 11.6 Å².